The van der Waals surface area contributed by atoms with Gasteiger partial charge in [-0.1, -0.05) is 18.2 Å². The van der Waals surface area contributed by atoms with E-state index in [1.807, 2.05) is 24.3 Å². The molecule has 20 heavy (non-hydrogen) atoms. The van der Waals surface area contributed by atoms with Crippen molar-refractivity contribution in [3.05, 3.63) is 29.8 Å². The summed E-state index contributed by atoms with van der Waals surface area (Å²) in [4.78, 5) is 24.5. The van der Waals surface area contributed by atoms with Gasteiger partial charge < -0.3 is 10.4 Å². The topological polar surface area (TPSA) is 66.4 Å². The van der Waals surface area contributed by atoms with Crippen LogP contribution >= 0.6 is 11.8 Å². The molecular weight excluding hydrogens is 274 g/mol. The van der Waals surface area contributed by atoms with Crippen LogP contribution in [0.5, 0.6) is 0 Å². The number of nitrogens with one attached hydrogen (secondary N) is 1. The lowest BCUT2D eigenvalue weighted by molar-refractivity contribution is -0.141. The highest BCUT2D eigenvalue weighted by Crippen LogP contribution is 2.39. The normalized spacial score (nSPS) is 28.1. The van der Waals surface area contributed by atoms with Gasteiger partial charge >= 0.3 is 5.97 Å². The average molecular weight is 291 g/mol. The van der Waals surface area contributed by atoms with E-state index in [4.69, 9.17) is 5.11 Å². The molecule has 3 rings (SSSR count). The highest BCUT2D eigenvalue weighted by atomic mass is 32.2. The second-order valence-electron chi connectivity index (χ2n) is 5.46. The standard InChI is InChI=1S/C15H17NO3S/c17-14(16-10-6-5-9(7-10)15(18)19)12-8-20-13-4-2-1-3-11(12)13/h1-4,9-10,12H,5-8H2,(H,16,17)(H,18,19). The van der Waals surface area contributed by atoms with Crippen molar-refractivity contribution in [1.82, 2.24) is 5.32 Å². The Bertz CT molecular complexity index is 546. The number of amides is 1. The van der Waals surface area contributed by atoms with Gasteiger partial charge in [-0.05, 0) is 30.9 Å². The van der Waals surface area contributed by atoms with E-state index >= 15 is 0 Å². The Morgan fingerprint density at radius 1 is 1.25 bits per heavy atom. The number of fused-ring (bicyclic) bond motifs is 1. The first-order valence-corrected chi connectivity index (χ1v) is 7.88. The Hall–Kier alpha value is -1.49. The molecule has 5 heteroatoms. The maximum Gasteiger partial charge on any atom is 0.306 e. The van der Waals surface area contributed by atoms with Crippen LogP contribution in [-0.4, -0.2) is 28.8 Å². The third kappa shape index (κ3) is 2.54. The molecule has 1 aliphatic carbocycles. The maximum absolute atomic E-state index is 12.4. The number of carbonyl (C=O) groups excluding carboxylic acids is 1. The van der Waals surface area contributed by atoms with Gasteiger partial charge in [0.25, 0.3) is 0 Å². The fourth-order valence-corrected chi connectivity index (χ4v) is 4.25. The van der Waals surface area contributed by atoms with E-state index in [-0.39, 0.29) is 23.8 Å². The Morgan fingerprint density at radius 3 is 2.80 bits per heavy atom. The van der Waals surface area contributed by atoms with Crippen LogP contribution in [-0.2, 0) is 9.59 Å². The molecular formula is C15H17NO3S. The fourth-order valence-electron chi connectivity index (χ4n) is 3.02. The molecule has 1 amide bonds. The number of benzene rings is 1. The van der Waals surface area contributed by atoms with E-state index < -0.39 is 5.97 Å². The molecule has 1 fully saturated rings. The van der Waals surface area contributed by atoms with E-state index in [1.165, 1.54) is 4.90 Å². The van der Waals surface area contributed by atoms with Gasteiger partial charge in [0.15, 0.2) is 0 Å². The van der Waals surface area contributed by atoms with Crippen molar-refractivity contribution in [3.8, 4) is 0 Å². The highest BCUT2D eigenvalue weighted by Gasteiger charge is 2.34. The summed E-state index contributed by atoms with van der Waals surface area (Å²) in [7, 11) is 0. The predicted octanol–water partition coefficient (Wildman–Crippen LogP) is 2.25. The van der Waals surface area contributed by atoms with E-state index in [0.29, 0.717) is 12.8 Å². The van der Waals surface area contributed by atoms with Crippen LogP contribution in [0.3, 0.4) is 0 Å². The average Bonchev–Trinajstić information content (AvgIpc) is 3.04. The van der Waals surface area contributed by atoms with Crippen LogP contribution in [0.1, 0.15) is 30.7 Å². The van der Waals surface area contributed by atoms with Crippen molar-refractivity contribution < 1.29 is 14.7 Å². The lowest BCUT2D eigenvalue weighted by Gasteiger charge is -2.16. The predicted molar refractivity (Wildman–Crippen MR) is 76.8 cm³/mol. The van der Waals surface area contributed by atoms with Crippen molar-refractivity contribution >= 4 is 23.6 Å². The largest absolute Gasteiger partial charge is 0.481 e. The Kier molecular flexibility index (Phi) is 3.70. The number of hydrogen-bond acceptors (Lipinski definition) is 3. The van der Waals surface area contributed by atoms with Gasteiger partial charge in [0.05, 0.1) is 11.8 Å². The third-order valence-electron chi connectivity index (χ3n) is 4.14. The molecule has 2 N–H and O–H groups in total. The number of hydrogen-bond donors (Lipinski definition) is 2. The van der Waals surface area contributed by atoms with E-state index in [2.05, 4.69) is 5.32 Å². The van der Waals surface area contributed by atoms with Crippen molar-refractivity contribution in [2.24, 2.45) is 5.92 Å². The van der Waals surface area contributed by atoms with Crippen LogP contribution in [0.2, 0.25) is 0 Å². The van der Waals surface area contributed by atoms with Crippen molar-refractivity contribution in [2.45, 2.75) is 36.1 Å². The molecule has 1 aromatic carbocycles. The number of carboxylic acids is 1. The van der Waals surface area contributed by atoms with Crippen LogP contribution in [0.15, 0.2) is 29.2 Å². The first-order valence-electron chi connectivity index (χ1n) is 6.90. The summed E-state index contributed by atoms with van der Waals surface area (Å²) in [5.74, 6) is -0.326. The first kappa shape index (κ1) is 13.5. The minimum absolute atomic E-state index is 0.0152. The summed E-state index contributed by atoms with van der Waals surface area (Å²) in [5, 5.41) is 12.0. The number of thioether (sulfide) groups is 1. The minimum Gasteiger partial charge on any atom is -0.481 e. The zero-order valence-corrected chi connectivity index (χ0v) is 11.9. The summed E-state index contributed by atoms with van der Waals surface area (Å²) in [5.41, 5.74) is 1.10. The van der Waals surface area contributed by atoms with Gasteiger partial charge in [0.1, 0.15) is 0 Å². The summed E-state index contributed by atoms with van der Waals surface area (Å²) in [6.07, 6.45) is 1.99. The summed E-state index contributed by atoms with van der Waals surface area (Å²) in [6.45, 7) is 0. The molecule has 0 saturated heterocycles. The van der Waals surface area contributed by atoms with Crippen LogP contribution in [0, 0.1) is 5.92 Å². The van der Waals surface area contributed by atoms with Crippen molar-refractivity contribution in [3.63, 3.8) is 0 Å². The molecule has 106 valence electrons. The third-order valence-corrected chi connectivity index (χ3v) is 5.33. The molecule has 0 bridgehead atoms. The summed E-state index contributed by atoms with van der Waals surface area (Å²) < 4.78 is 0. The van der Waals surface area contributed by atoms with Gasteiger partial charge in [0.2, 0.25) is 5.91 Å². The van der Waals surface area contributed by atoms with Crippen molar-refractivity contribution in [2.75, 3.05) is 5.75 Å². The molecule has 0 spiro atoms. The van der Waals surface area contributed by atoms with Crippen LogP contribution in [0.4, 0.5) is 0 Å². The zero-order chi connectivity index (χ0) is 14.1. The maximum atomic E-state index is 12.4. The summed E-state index contributed by atoms with van der Waals surface area (Å²) >= 11 is 1.71. The first-order chi connectivity index (χ1) is 9.65. The zero-order valence-electron chi connectivity index (χ0n) is 11.0. The van der Waals surface area contributed by atoms with E-state index in [1.54, 1.807) is 11.8 Å². The second-order valence-corrected chi connectivity index (χ2v) is 6.52. The van der Waals surface area contributed by atoms with E-state index in [9.17, 15) is 9.59 Å². The molecule has 3 unspecified atom stereocenters. The number of carboxylic acid groups (broad SMARTS) is 1. The lowest BCUT2D eigenvalue weighted by Crippen LogP contribution is -2.37. The molecule has 2 aliphatic rings. The van der Waals surface area contributed by atoms with Crippen molar-refractivity contribution in [1.29, 1.82) is 0 Å². The van der Waals surface area contributed by atoms with Gasteiger partial charge in [0, 0.05) is 16.7 Å². The molecule has 1 aromatic rings. The molecule has 1 saturated carbocycles. The van der Waals surface area contributed by atoms with Gasteiger partial charge in [-0.2, -0.15) is 0 Å². The molecule has 0 aromatic heterocycles. The molecule has 4 nitrogen and oxygen atoms in total. The Morgan fingerprint density at radius 2 is 2.05 bits per heavy atom. The van der Waals surface area contributed by atoms with Gasteiger partial charge in [-0.25, -0.2) is 0 Å². The minimum atomic E-state index is -0.747. The van der Waals surface area contributed by atoms with Gasteiger partial charge in [-0.3, -0.25) is 9.59 Å². The van der Waals surface area contributed by atoms with Crippen LogP contribution in [0.25, 0.3) is 0 Å². The number of carbonyl (C=O) groups is 2. The molecule has 0 radical (unpaired) electrons. The smallest absolute Gasteiger partial charge is 0.306 e. The molecule has 1 heterocycles. The molecule has 3 atom stereocenters. The Labute approximate surface area is 121 Å². The monoisotopic (exact) mass is 291 g/mol. The quantitative estimate of drug-likeness (QED) is 0.896. The lowest BCUT2D eigenvalue weighted by atomic mass is 10.00. The summed E-state index contributed by atoms with van der Waals surface area (Å²) in [6, 6.07) is 8.01. The number of aliphatic carboxylic acids is 1. The SMILES string of the molecule is O=C(O)C1CCC(NC(=O)C2CSc3ccccc32)C1. The number of rotatable bonds is 3. The highest BCUT2D eigenvalue weighted by molar-refractivity contribution is 7.99. The fraction of sp³-hybridized carbons (Fsp3) is 0.467. The van der Waals surface area contributed by atoms with E-state index in [0.717, 1.165) is 17.7 Å². The Balaban J connectivity index is 1.63. The van der Waals surface area contributed by atoms with Crippen LogP contribution < -0.4 is 5.32 Å². The van der Waals surface area contributed by atoms with Gasteiger partial charge in [-0.15, -0.1) is 11.8 Å². The second kappa shape index (κ2) is 5.48. The molecule has 1 aliphatic heterocycles.